The van der Waals surface area contributed by atoms with Gasteiger partial charge in [-0.3, -0.25) is 9.59 Å². The van der Waals surface area contributed by atoms with Crippen LogP contribution < -0.4 is 16.4 Å². The summed E-state index contributed by atoms with van der Waals surface area (Å²) in [6.45, 7) is 0.791. The van der Waals surface area contributed by atoms with Crippen molar-refractivity contribution in [2.75, 3.05) is 20.1 Å². The van der Waals surface area contributed by atoms with Gasteiger partial charge in [0.05, 0.1) is 5.41 Å². The number of amides is 2. The van der Waals surface area contributed by atoms with Crippen molar-refractivity contribution in [1.29, 1.82) is 0 Å². The van der Waals surface area contributed by atoms with Gasteiger partial charge in [-0.1, -0.05) is 12.8 Å². The van der Waals surface area contributed by atoms with Crippen LogP contribution in [0.4, 0.5) is 0 Å². The van der Waals surface area contributed by atoms with Gasteiger partial charge in [0.25, 0.3) is 0 Å². The smallest absolute Gasteiger partial charge is 0.227 e. The first kappa shape index (κ1) is 16.2. The first-order chi connectivity index (χ1) is 7.64. The van der Waals surface area contributed by atoms with E-state index in [1.165, 1.54) is 0 Å². The van der Waals surface area contributed by atoms with Crippen LogP contribution in [0.3, 0.4) is 0 Å². The van der Waals surface area contributed by atoms with Crippen molar-refractivity contribution < 1.29 is 9.59 Å². The van der Waals surface area contributed by atoms with Gasteiger partial charge in [0, 0.05) is 26.6 Å². The molecule has 17 heavy (non-hydrogen) atoms. The fraction of sp³-hybridized carbons (Fsp3) is 0.818. The number of nitrogens with one attached hydrogen (secondary N) is 2. The molecular weight excluding hydrogens is 242 g/mol. The second-order valence-electron chi connectivity index (χ2n) is 4.37. The van der Waals surface area contributed by atoms with Crippen LogP contribution in [0.2, 0.25) is 0 Å². The topological polar surface area (TPSA) is 84.2 Å². The highest BCUT2D eigenvalue weighted by molar-refractivity contribution is 5.85. The summed E-state index contributed by atoms with van der Waals surface area (Å²) in [5.74, 6) is -0.0510. The van der Waals surface area contributed by atoms with Crippen LogP contribution in [-0.2, 0) is 9.59 Å². The molecule has 1 rings (SSSR count). The van der Waals surface area contributed by atoms with E-state index in [2.05, 4.69) is 10.6 Å². The lowest BCUT2D eigenvalue weighted by molar-refractivity contribution is -0.130. The van der Waals surface area contributed by atoms with E-state index in [0.29, 0.717) is 19.5 Å². The second-order valence-corrected chi connectivity index (χ2v) is 4.37. The van der Waals surface area contributed by atoms with E-state index in [1.807, 2.05) is 0 Å². The average Bonchev–Trinajstić information content (AvgIpc) is 2.78. The van der Waals surface area contributed by atoms with Crippen molar-refractivity contribution in [2.45, 2.75) is 32.1 Å². The average molecular weight is 264 g/mol. The quantitative estimate of drug-likeness (QED) is 0.662. The number of carbonyl (C=O) groups excluding carboxylic acids is 2. The summed E-state index contributed by atoms with van der Waals surface area (Å²) in [6, 6.07) is 0. The first-order valence-corrected chi connectivity index (χ1v) is 5.83. The van der Waals surface area contributed by atoms with E-state index in [0.717, 1.165) is 25.7 Å². The van der Waals surface area contributed by atoms with E-state index < -0.39 is 0 Å². The molecule has 1 aliphatic rings. The molecule has 1 fully saturated rings. The SMILES string of the molecule is CNC(=O)CCNC(=O)C1(CN)CCCC1.Cl. The van der Waals surface area contributed by atoms with Crippen LogP contribution >= 0.6 is 12.4 Å². The van der Waals surface area contributed by atoms with Crippen LogP contribution in [-0.4, -0.2) is 32.0 Å². The molecule has 0 spiro atoms. The normalized spacial score (nSPS) is 17.1. The van der Waals surface area contributed by atoms with Crippen LogP contribution in [0, 0.1) is 5.41 Å². The minimum absolute atomic E-state index is 0. The lowest BCUT2D eigenvalue weighted by atomic mass is 9.85. The number of nitrogens with two attached hydrogens (primary N) is 1. The van der Waals surface area contributed by atoms with Crippen LogP contribution in [0.25, 0.3) is 0 Å². The molecule has 1 saturated carbocycles. The van der Waals surface area contributed by atoms with E-state index in [9.17, 15) is 9.59 Å². The number of rotatable bonds is 5. The van der Waals surface area contributed by atoms with Gasteiger partial charge in [0.1, 0.15) is 0 Å². The Morgan fingerprint density at radius 1 is 1.29 bits per heavy atom. The van der Waals surface area contributed by atoms with Crippen LogP contribution in [0.5, 0.6) is 0 Å². The summed E-state index contributed by atoms with van der Waals surface area (Å²) < 4.78 is 0. The maximum absolute atomic E-state index is 11.9. The molecule has 6 heteroatoms. The Labute approximate surface area is 108 Å². The fourth-order valence-electron chi connectivity index (χ4n) is 2.18. The van der Waals surface area contributed by atoms with Crippen molar-refractivity contribution >= 4 is 24.2 Å². The summed E-state index contributed by atoms with van der Waals surface area (Å²) in [7, 11) is 1.59. The van der Waals surface area contributed by atoms with E-state index in [1.54, 1.807) is 7.05 Å². The standard InChI is InChI=1S/C11H21N3O2.ClH/c1-13-9(15)4-7-14-10(16)11(8-12)5-2-3-6-11;/h2-8,12H2,1H3,(H,13,15)(H,14,16);1H. The number of carbonyl (C=O) groups is 2. The Kier molecular flexibility index (Phi) is 7.15. The van der Waals surface area contributed by atoms with Gasteiger partial charge in [-0.25, -0.2) is 0 Å². The minimum Gasteiger partial charge on any atom is -0.359 e. The third-order valence-corrected chi connectivity index (χ3v) is 3.35. The summed E-state index contributed by atoms with van der Waals surface area (Å²) in [5, 5.41) is 5.32. The Hall–Kier alpha value is -0.810. The van der Waals surface area contributed by atoms with Crippen molar-refractivity contribution in [1.82, 2.24) is 10.6 Å². The van der Waals surface area contributed by atoms with E-state index >= 15 is 0 Å². The highest BCUT2D eigenvalue weighted by Gasteiger charge is 2.39. The third kappa shape index (κ3) is 4.16. The number of halogens is 1. The van der Waals surface area contributed by atoms with Gasteiger partial charge in [-0.05, 0) is 12.8 Å². The highest BCUT2D eigenvalue weighted by Crippen LogP contribution is 2.37. The zero-order chi connectivity index (χ0) is 12.0. The highest BCUT2D eigenvalue weighted by atomic mass is 35.5. The molecule has 4 N–H and O–H groups in total. The summed E-state index contributed by atoms with van der Waals surface area (Å²) in [5.41, 5.74) is 5.31. The molecule has 0 unspecified atom stereocenters. The van der Waals surface area contributed by atoms with E-state index in [-0.39, 0.29) is 29.6 Å². The summed E-state index contributed by atoms with van der Waals surface area (Å²) in [6.07, 6.45) is 4.20. The first-order valence-electron chi connectivity index (χ1n) is 5.83. The van der Waals surface area contributed by atoms with Gasteiger partial charge in [-0.15, -0.1) is 12.4 Å². The lowest BCUT2D eigenvalue weighted by Crippen LogP contribution is -2.45. The summed E-state index contributed by atoms with van der Waals surface area (Å²) >= 11 is 0. The predicted octanol–water partition coefficient (Wildman–Crippen LogP) is 0.180. The molecule has 0 radical (unpaired) electrons. The zero-order valence-electron chi connectivity index (χ0n) is 10.3. The summed E-state index contributed by atoms with van der Waals surface area (Å²) in [4.78, 5) is 22.9. The Morgan fingerprint density at radius 2 is 1.88 bits per heavy atom. The monoisotopic (exact) mass is 263 g/mol. The maximum Gasteiger partial charge on any atom is 0.227 e. The Morgan fingerprint density at radius 3 is 2.35 bits per heavy atom. The number of hydrogen-bond donors (Lipinski definition) is 3. The molecule has 0 heterocycles. The van der Waals surface area contributed by atoms with Gasteiger partial charge in [0.15, 0.2) is 0 Å². The molecule has 0 bridgehead atoms. The van der Waals surface area contributed by atoms with Crippen molar-refractivity contribution in [3.8, 4) is 0 Å². The molecule has 100 valence electrons. The third-order valence-electron chi connectivity index (χ3n) is 3.35. The van der Waals surface area contributed by atoms with E-state index in [4.69, 9.17) is 5.73 Å². The molecule has 0 atom stereocenters. The predicted molar refractivity (Wildman–Crippen MR) is 68.9 cm³/mol. The van der Waals surface area contributed by atoms with Crippen molar-refractivity contribution in [3.63, 3.8) is 0 Å². The maximum atomic E-state index is 11.9. The molecule has 5 nitrogen and oxygen atoms in total. The molecule has 0 saturated heterocycles. The fourth-order valence-corrected chi connectivity index (χ4v) is 2.18. The molecule has 2 amide bonds. The van der Waals surface area contributed by atoms with Crippen molar-refractivity contribution in [3.05, 3.63) is 0 Å². The Bertz CT molecular complexity index is 265. The van der Waals surface area contributed by atoms with Gasteiger partial charge >= 0.3 is 0 Å². The molecule has 0 aromatic rings. The number of hydrogen-bond acceptors (Lipinski definition) is 3. The molecule has 0 aromatic carbocycles. The van der Waals surface area contributed by atoms with Gasteiger partial charge in [0.2, 0.25) is 11.8 Å². The van der Waals surface area contributed by atoms with Crippen LogP contribution in [0.15, 0.2) is 0 Å². The second kappa shape index (κ2) is 7.50. The zero-order valence-corrected chi connectivity index (χ0v) is 11.1. The molecule has 0 aromatic heterocycles. The largest absolute Gasteiger partial charge is 0.359 e. The molecular formula is C11H22ClN3O2. The lowest BCUT2D eigenvalue weighted by Gasteiger charge is -2.25. The molecule has 1 aliphatic carbocycles. The van der Waals surface area contributed by atoms with Gasteiger partial charge < -0.3 is 16.4 Å². The Balaban J connectivity index is 0.00000256. The van der Waals surface area contributed by atoms with Crippen LogP contribution in [0.1, 0.15) is 32.1 Å². The molecule has 0 aliphatic heterocycles. The van der Waals surface area contributed by atoms with Crippen molar-refractivity contribution in [2.24, 2.45) is 11.1 Å². The van der Waals surface area contributed by atoms with Gasteiger partial charge in [-0.2, -0.15) is 0 Å². The minimum atomic E-state index is -0.372.